The van der Waals surface area contributed by atoms with Gasteiger partial charge in [0.15, 0.2) is 0 Å². The van der Waals surface area contributed by atoms with Crippen LogP contribution < -0.4 is 10.9 Å². The van der Waals surface area contributed by atoms with Gasteiger partial charge in [0.05, 0.1) is 5.39 Å². The van der Waals surface area contributed by atoms with Crippen LogP contribution in [0.1, 0.15) is 0 Å². The Bertz CT molecular complexity index is 845. The lowest BCUT2D eigenvalue weighted by Gasteiger charge is -2.06. The molecule has 0 spiro atoms. The topological polar surface area (TPSA) is 89.8 Å². The third-order valence-corrected chi connectivity index (χ3v) is 2.89. The molecule has 0 unspecified atom stereocenters. The molecule has 0 aliphatic rings. The van der Waals surface area contributed by atoms with Gasteiger partial charge in [-0.05, 0) is 24.3 Å². The Hall–Kier alpha value is -3.09. The van der Waals surface area contributed by atoms with Crippen molar-refractivity contribution in [3.8, 4) is 0 Å². The quantitative estimate of drug-likeness (QED) is 0.767. The Labute approximate surface area is 119 Å². The third kappa shape index (κ3) is 2.76. The van der Waals surface area contributed by atoms with Crippen molar-refractivity contribution in [2.45, 2.75) is 6.54 Å². The smallest absolute Gasteiger partial charge is 0.278 e. The number of nitrogens with one attached hydrogen (secondary N) is 1. The van der Waals surface area contributed by atoms with Crippen LogP contribution in [0.15, 0.2) is 53.6 Å². The van der Waals surface area contributed by atoms with Crippen molar-refractivity contribution in [3.05, 3.63) is 59.1 Å². The van der Waals surface area contributed by atoms with Gasteiger partial charge in [0.25, 0.3) is 5.56 Å². The Morgan fingerprint density at radius 2 is 1.90 bits per heavy atom. The number of fused-ring (bicyclic) bond motifs is 1. The van der Waals surface area contributed by atoms with Crippen LogP contribution in [0.4, 0.5) is 5.69 Å². The van der Waals surface area contributed by atoms with E-state index in [1.165, 1.54) is 0 Å². The first kappa shape index (κ1) is 12.9. The summed E-state index contributed by atoms with van der Waals surface area (Å²) in [5.74, 6) is -0.354. The van der Waals surface area contributed by atoms with E-state index >= 15 is 0 Å². The summed E-state index contributed by atoms with van der Waals surface area (Å²) in [6, 6.07) is 10.2. The van der Waals surface area contributed by atoms with Crippen molar-refractivity contribution in [3.63, 3.8) is 0 Å². The number of nitrogens with zero attached hydrogens (tertiary/aromatic N) is 4. The van der Waals surface area contributed by atoms with Crippen LogP contribution in [0.2, 0.25) is 0 Å². The number of pyridine rings is 1. The zero-order valence-electron chi connectivity index (χ0n) is 10.9. The second-order valence-corrected chi connectivity index (χ2v) is 4.35. The number of rotatable bonds is 3. The second-order valence-electron chi connectivity index (χ2n) is 4.35. The lowest BCUT2D eigenvalue weighted by molar-refractivity contribution is -0.117. The molecular weight excluding hydrogens is 270 g/mol. The molecule has 2 heterocycles. The predicted octanol–water partition coefficient (Wildman–Crippen LogP) is 0.825. The summed E-state index contributed by atoms with van der Waals surface area (Å²) >= 11 is 0. The summed E-state index contributed by atoms with van der Waals surface area (Å²) in [4.78, 5) is 28.0. The molecular formula is C14H11N5O2. The highest BCUT2D eigenvalue weighted by Crippen LogP contribution is 2.04. The zero-order chi connectivity index (χ0) is 14.7. The predicted molar refractivity (Wildman–Crippen MR) is 76.7 cm³/mol. The van der Waals surface area contributed by atoms with E-state index in [1.54, 1.807) is 48.8 Å². The first-order valence-electron chi connectivity index (χ1n) is 6.26. The average molecular weight is 281 g/mol. The van der Waals surface area contributed by atoms with Gasteiger partial charge >= 0.3 is 0 Å². The summed E-state index contributed by atoms with van der Waals surface area (Å²) < 4.78 is 1.04. The van der Waals surface area contributed by atoms with Gasteiger partial charge in [0.2, 0.25) is 5.91 Å². The van der Waals surface area contributed by atoms with Crippen LogP contribution in [0.25, 0.3) is 10.9 Å². The minimum absolute atomic E-state index is 0.195. The number of hydrogen-bond acceptors (Lipinski definition) is 5. The molecule has 3 aromatic rings. The molecule has 0 bridgehead atoms. The fraction of sp³-hybridized carbons (Fsp3) is 0.0714. The van der Waals surface area contributed by atoms with Crippen LogP contribution in [0, 0.1) is 0 Å². The van der Waals surface area contributed by atoms with E-state index in [0.717, 1.165) is 4.68 Å². The standard InChI is InChI=1S/C14H11N5O2/c20-13(16-10-5-7-15-8-6-10)9-19-14(21)11-3-1-2-4-12(11)17-18-19/h1-8H,9H2,(H,15,16,20). The highest BCUT2D eigenvalue weighted by atomic mass is 16.2. The molecule has 1 aromatic carbocycles. The number of benzene rings is 1. The third-order valence-electron chi connectivity index (χ3n) is 2.89. The van der Waals surface area contributed by atoms with Crippen molar-refractivity contribution in [1.82, 2.24) is 20.0 Å². The molecule has 104 valence electrons. The van der Waals surface area contributed by atoms with E-state index in [4.69, 9.17) is 0 Å². The molecule has 0 radical (unpaired) electrons. The molecule has 7 nitrogen and oxygen atoms in total. The number of carbonyl (C=O) groups excluding carboxylic acids is 1. The molecule has 1 amide bonds. The van der Waals surface area contributed by atoms with Crippen molar-refractivity contribution in [1.29, 1.82) is 0 Å². The highest BCUT2D eigenvalue weighted by molar-refractivity contribution is 5.90. The van der Waals surface area contributed by atoms with Gasteiger partial charge in [-0.3, -0.25) is 14.6 Å². The summed E-state index contributed by atoms with van der Waals surface area (Å²) in [6.07, 6.45) is 3.13. The van der Waals surface area contributed by atoms with E-state index in [-0.39, 0.29) is 18.0 Å². The zero-order valence-corrected chi connectivity index (χ0v) is 10.9. The molecule has 0 aliphatic heterocycles. The van der Waals surface area contributed by atoms with Crippen molar-refractivity contribution in [2.75, 3.05) is 5.32 Å². The first-order valence-corrected chi connectivity index (χ1v) is 6.26. The Kier molecular flexibility index (Phi) is 3.38. The van der Waals surface area contributed by atoms with E-state index in [2.05, 4.69) is 20.6 Å². The van der Waals surface area contributed by atoms with Crippen molar-refractivity contribution < 1.29 is 4.79 Å². The van der Waals surface area contributed by atoms with Gasteiger partial charge < -0.3 is 5.32 Å². The molecule has 0 saturated heterocycles. The number of amides is 1. The van der Waals surface area contributed by atoms with E-state index in [9.17, 15) is 9.59 Å². The van der Waals surface area contributed by atoms with Gasteiger partial charge in [-0.2, -0.15) is 0 Å². The summed E-state index contributed by atoms with van der Waals surface area (Å²) in [5, 5.41) is 10.8. The van der Waals surface area contributed by atoms with E-state index < -0.39 is 0 Å². The van der Waals surface area contributed by atoms with Gasteiger partial charge in [-0.25, -0.2) is 4.68 Å². The Morgan fingerprint density at radius 3 is 2.71 bits per heavy atom. The van der Waals surface area contributed by atoms with Crippen LogP contribution in [-0.2, 0) is 11.3 Å². The van der Waals surface area contributed by atoms with Gasteiger partial charge in [0, 0.05) is 18.1 Å². The van der Waals surface area contributed by atoms with Gasteiger partial charge in [-0.1, -0.05) is 17.3 Å². The molecule has 3 rings (SSSR count). The molecule has 1 N–H and O–H groups in total. The number of carbonyl (C=O) groups is 1. The Balaban J connectivity index is 1.83. The lowest BCUT2D eigenvalue weighted by Crippen LogP contribution is -2.30. The van der Waals surface area contributed by atoms with E-state index in [0.29, 0.717) is 16.6 Å². The van der Waals surface area contributed by atoms with E-state index in [1.807, 2.05) is 0 Å². The van der Waals surface area contributed by atoms with Crippen LogP contribution in [-0.4, -0.2) is 25.9 Å². The molecule has 0 fully saturated rings. The summed E-state index contributed by atoms with van der Waals surface area (Å²) in [7, 11) is 0. The first-order chi connectivity index (χ1) is 10.2. The summed E-state index contributed by atoms with van der Waals surface area (Å²) in [6.45, 7) is -0.195. The Morgan fingerprint density at radius 1 is 1.14 bits per heavy atom. The number of aromatic nitrogens is 4. The highest BCUT2D eigenvalue weighted by Gasteiger charge is 2.09. The average Bonchev–Trinajstić information content (AvgIpc) is 2.51. The number of hydrogen-bond donors (Lipinski definition) is 1. The largest absolute Gasteiger partial charge is 0.324 e. The van der Waals surface area contributed by atoms with Crippen LogP contribution >= 0.6 is 0 Å². The fourth-order valence-corrected chi connectivity index (χ4v) is 1.90. The molecule has 0 saturated carbocycles. The number of anilines is 1. The monoisotopic (exact) mass is 281 g/mol. The molecule has 0 aliphatic carbocycles. The minimum Gasteiger partial charge on any atom is -0.324 e. The minimum atomic E-state index is -0.354. The molecule has 2 aromatic heterocycles. The van der Waals surface area contributed by atoms with Crippen LogP contribution in [0.3, 0.4) is 0 Å². The maximum Gasteiger partial charge on any atom is 0.278 e. The lowest BCUT2D eigenvalue weighted by atomic mass is 10.2. The van der Waals surface area contributed by atoms with Crippen molar-refractivity contribution >= 4 is 22.5 Å². The SMILES string of the molecule is O=C(Cn1nnc2ccccc2c1=O)Nc1ccncc1. The van der Waals surface area contributed by atoms with Gasteiger partial charge in [0.1, 0.15) is 12.1 Å². The van der Waals surface area contributed by atoms with Gasteiger partial charge in [-0.15, -0.1) is 5.10 Å². The fourth-order valence-electron chi connectivity index (χ4n) is 1.90. The normalized spacial score (nSPS) is 10.5. The second kappa shape index (κ2) is 5.49. The maximum absolute atomic E-state index is 12.2. The molecule has 7 heteroatoms. The molecule has 21 heavy (non-hydrogen) atoms. The van der Waals surface area contributed by atoms with Crippen molar-refractivity contribution in [2.24, 2.45) is 0 Å². The molecule has 0 atom stereocenters. The maximum atomic E-state index is 12.2. The van der Waals surface area contributed by atoms with Crippen LogP contribution in [0.5, 0.6) is 0 Å². The summed E-state index contributed by atoms with van der Waals surface area (Å²) in [5.41, 5.74) is 0.774.